The second kappa shape index (κ2) is 5.54. The van der Waals surface area contributed by atoms with Crippen LogP contribution in [0, 0.1) is 5.92 Å². The summed E-state index contributed by atoms with van der Waals surface area (Å²) in [6.45, 7) is 4.41. The molecule has 1 saturated heterocycles. The second-order valence-corrected chi connectivity index (χ2v) is 7.33. The standard InChI is InChI=1S/C14H19NO4S/c1-10-6-7-11(2)15(9-10)20(18,19)13-5-3-4-12(8-13)14(16)17/h3-5,8,10-11H,6-7,9H2,1-2H3,(H,16,17). The molecule has 0 amide bonds. The van der Waals surface area contributed by atoms with Crippen molar-refractivity contribution in [2.75, 3.05) is 6.54 Å². The lowest BCUT2D eigenvalue weighted by Crippen LogP contribution is -2.44. The molecule has 0 aromatic heterocycles. The minimum Gasteiger partial charge on any atom is -0.478 e. The number of carbonyl (C=O) groups is 1. The first-order valence-electron chi connectivity index (χ1n) is 6.67. The number of piperidine rings is 1. The predicted octanol–water partition coefficient (Wildman–Crippen LogP) is 2.19. The number of carboxylic acid groups (broad SMARTS) is 1. The average Bonchev–Trinajstić information content (AvgIpc) is 2.41. The van der Waals surface area contributed by atoms with Gasteiger partial charge >= 0.3 is 5.97 Å². The van der Waals surface area contributed by atoms with E-state index in [2.05, 4.69) is 0 Å². The maximum Gasteiger partial charge on any atom is 0.335 e. The summed E-state index contributed by atoms with van der Waals surface area (Å²) in [7, 11) is -3.63. The average molecular weight is 297 g/mol. The van der Waals surface area contributed by atoms with Crippen LogP contribution < -0.4 is 0 Å². The van der Waals surface area contributed by atoms with E-state index in [0.29, 0.717) is 12.5 Å². The molecule has 1 aromatic carbocycles. The molecule has 0 spiro atoms. The van der Waals surface area contributed by atoms with E-state index < -0.39 is 16.0 Å². The van der Waals surface area contributed by atoms with Gasteiger partial charge in [0.25, 0.3) is 0 Å². The van der Waals surface area contributed by atoms with Crippen LogP contribution in [0.3, 0.4) is 0 Å². The van der Waals surface area contributed by atoms with E-state index in [0.717, 1.165) is 12.8 Å². The first-order chi connectivity index (χ1) is 9.32. The molecule has 1 fully saturated rings. The molecule has 5 nitrogen and oxygen atoms in total. The number of benzene rings is 1. The van der Waals surface area contributed by atoms with E-state index in [1.807, 2.05) is 13.8 Å². The maximum atomic E-state index is 12.7. The molecule has 6 heteroatoms. The number of rotatable bonds is 3. The first kappa shape index (κ1) is 15.0. The molecule has 2 rings (SSSR count). The molecule has 0 saturated carbocycles. The van der Waals surface area contributed by atoms with Gasteiger partial charge in [-0.15, -0.1) is 0 Å². The third-order valence-electron chi connectivity index (χ3n) is 3.75. The molecule has 0 aliphatic carbocycles. The van der Waals surface area contributed by atoms with Gasteiger partial charge in [0.05, 0.1) is 10.5 Å². The lowest BCUT2D eigenvalue weighted by Gasteiger charge is -2.35. The normalized spacial score (nSPS) is 24.5. The lowest BCUT2D eigenvalue weighted by atomic mass is 9.97. The van der Waals surface area contributed by atoms with Gasteiger partial charge in [-0.1, -0.05) is 13.0 Å². The predicted molar refractivity (Wildman–Crippen MR) is 75.2 cm³/mol. The van der Waals surface area contributed by atoms with E-state index in [1.54, 1.807) is 0 Å². The highest BCUT2D eigenvalue weighted by Crippen LogP contribution is 2.28. The topological polar surface area (TPSA) is 74.7 Å². The highest BCUT2D eigenvalue weighted by Gasteiger charge is 2.33. The molecule has 1 aromatic rings. The van der Waals surface area contributed by atoms with Crippen LogP contribution in [0.15, 0.2) is 29.2 Å². The zero-order valence-corrected chi connectivity index (χ0v) is 12.4. The van der Waals surface area contributed by atoms with Gasteiger partial charge in [0.1, 0.15) is 0 Å². The molecular weight excluding hydrogens is 278 g/mol. The minimum absolute atomic E-state index is 0.0104. The van der Waals surface area contributed by atoms with Crippen molar-refractivity contribution < 1.29 is 18.3 Å². The number of sulfonamides is 1. The Morgan fingerprint density at radius 2 is 2.00 bits per heavy atom. The summed E-state index contributed by atoms with van der Waals surface area (Å²) in [5.74, 6) is -0.800. The molecule has 1 heterocycles. The Hall–Kier alpha value is -1.40. The van der Waals surface area contributed by atoms with E-state index in [4.69, 9.17) is 5.11 Å². The van der Waals surface area contributed by atoms with Crippen molar-refractivity contribution in [3.63, 3.8) is 0 Å². The monoisotopic (exact) mass is 297 g/mol. The van der Waals surface area contributed by atoms with Crippen molar-refractivity contribution in [3.05, 3.63) is 29.8 Å². The van der Waals surface area contributed by atoms with Gasteiger partial charge in [0, 0.05) is 12.6 Å². The van der Waals surface area contributed by atoms with Crippen LogP contribution in [-0.4, -0.2) is 36.4 Å². The molecule has 1 aliphatic rings. The van der Waals surface area contributed by atoms with Crippen LogP contribution in [0.5, 0.6) is 0 Å². The molecule has 2 atom stereocenters. The number of hydrogen-bond donors (Lipinski definition) is 1. The summed E-state index contributed by atoms with van der Waals surface area (Å²) in [4.78, 5) is 11.0. The molecule has 0 bridgehead atoms. The zero-order valence-electron chi connectivity index (χ0n) is 11.6. The van der Waals surface area contributed by atoms with Crippen molar-refractivity contribution in [2.45, 2.75) is 37.6 Å². The van der Waals surface area contributed by atoms with Gasteiger partial charge in [-0.3, -0.25) is 0 Å². The van der Waals surface area contributed by atoms with Crippen LogP contribution in [0.4, 0.5) is 0 Å². The Morgan fingerprint density at radius 1 is 1.30 bits per heavy atom. The molecule has 20 heavy (non-hydrogen) atoms. The van der Waals surface area contributed by atoms with Gasteiger partial charge in [-0.05, 0) is 43.9 Å². The van der Waals surface area contributed by atoms with Crippen LogP contribution in [-0.2, 0) is 10.0 Å². The second-order valence-electron chi connectivity index (χ2n) is 5.44. The summed E-state index contributed by atoms with van der Waals surface area (Å²) < 4.78 is 26.8. The molecule has 1 aliphatic heterocycles. The van der Waals surface area contributed by atoms with Crippen molar-refractivity contribution >= 4 is 16.0 Å². The first-order valence-corrected chi connectivity index (χ1v) is 8.11. The van der Waals surface area contributed by atoms with E-state index in [9.17, 15) is 13.2 Å². The molecule has 0 radical (unpaired) electrons. The third kappa shape index (κ3) is 2.86. The molecule has 2 unspecified atom stereocenters. The molecule has 1 N–H and O–H groups in total. The van der Waals surface area contributed by atoms with Crippen LogP contribution in [0.25, 0.3) is 0 Å². The van der Waals surface area contributed by atoms with Gasteiger partial charge in [-0.2, -0.15) is 4.31 Å². The Balaban J connectivity index is 2.39. The highest BCUT2D eigenvalue weighted by atomic mass is 32.2. The third-order valence-corrected chi connectivity index (χ3v) is 5.72. The zero-order chi connectivity index (χ0) is 14.9. The Morgan fingerprint density at radius 3 is 2.65 bits per heavy atom. The number of aromatic carboxylic acids is 1. The number of hydrogen-bond acceptors (Lipinski definition) is 3. The highest BCUT2D eigenvalue weighted by molar-refractivity contribution is 7.89. The van der Waals surface area contributed by atoms with E-state index in [1.165, 1.54) is 28.6 Å². The summed E-state index contributed by atoms with van der Waals surface area (Å²) >= 11 is 0. The SMILES string of the molecule is CC1CCC(C)N(S(=O)(=O)c2cccc(C(=O)O)c2)C1. The quantitative estimate of drug-likeness (QED) is 0.928. The Labute approximate surface area is 119 Å². The Bertz CT molecular complexity index is 611. The van der Waals surface area contributed by atoms with Crippen molar-refractivity contribution in [1.82, 2.24) is 4.31 Å². The minimum atomic E-state index is -3.63. The largest absolute Gasteiger partial charge is 0.478 e. The van der Waals surface area contributed by atoms with Crippen LogP contribution in [0.1, 0.15) is 37.0 Å². The lowest BCUT2D eigenvalue weighted by molar-refractivity contribution is 0.0696. The fourth-order valence-corrected chi connectivity index (χ4v) is 4.34. The van der Waals surface area contributed by atoms with Crippen molar-refractivity contribution in [1.29, 1.82) is 0 Å². The van der Waals surface area contributed by atoms with Crippen LogP contribution >= 0.6 is 0 Å². The van der Waals surface area contributed by atoms with Crippen molar-refractivity contribution in [3.8, 4) is 0 Å². The van der Waals surface area contributed by atoms with Crippen LogP contribution in [0.2, 0.25) is 0 Å². The van der Waals surface area contributed by atoms with Gasteiger partial charge < -0.3 is 5.11 Å². The summed E-state index contributed by atoms with van der Waals surface area (Å²) in [5.41, 5.74) is -0.0104. The number of carboxylic acids is 1. The van der Waals surface area contributed by atoms with Gasteiger partial charge in [-0.25, -0.2) is 13.2 Å². The number of nitrogens with zero attached hydrogens (tertiary/aromatic N) is 1. The fourth-order valence-electron chi connectivity index (χ4n) is 2.51. The maximum absolute atomic E-state index is 12.7. The van der Waals surface area contributed by atoms with E-state index in [-0.39, 0.29) is 16.5 Å². The molecule has 110 valence electrons. The van der Waals surface area contributed by atoms with E-state index >= 15 is 0 Å². The summed E-state index contributed by atoms with van der Waals surface area (Å²) in [5, 5.41) is 8.97. The van der Waals surface area contributed by atoms with Gasteiger partial charge in [0.2, 0.25) is 10.0 Å². The smallest absolute Gasteiger partial charge is 0.335 e. The van der Waals surface area contributed by atoms with Gasteiger partial charge in [0.15, 0.2) is 0 Å². The molecular formula is C14H19NO4S. The van der Waals surface area contributed by atoms with Crippen molar-refractivity contribution in [2.24, 2.45) is 5.92 Å². The summed E-state index contributed by atoms with van der Waals surface area (Å²) in [6.07, 6.45) is 1.85. The summed E-state index contributed by atoms with van der Waals surface area (Å²) in [6, 6.07) is 5.49. The Kier molecular flexibility index (Phi) is 4.15. The fraction of sp³-hybridized carbons (Fsp3) is 0.500.